The Bertz CT molecular complexity index is 1330. The number of carbonyl (C=O) groups excluding carboxylic acids is 1. The van der Waals surface area contributed by atoms with Crippen LogP contribution in [-0.2, 0) is 26.1 Å². The van der Waals surface area contributed by atoms with Crippen LogP contribution in [0.4, 0.5) is 26.3 Å². The monoisotopic (exact) mass is 565 g/mol. The first-order valence-electron chi connectivity index (χ1n) is 11.3. The van der Waals surface area contributed by atoms with Crippen molar-refractivity contribution in [2.45, 2.75) is 50.5 Å². The number of ether oxygens (including phenoxy) is 1. The number of esters is 1. The normalized spacial score (nSPS) is 18.9. The van der Waals surface area contributed by atoms with E-state index in [9.17, 15) is 30.8 Å². The molecule has 3 rings (SSSR count). The molecule has 208 valence electrons. The molecule has 1 heterocycles. The van der Waals surface area contributed by atoms with Crippen LogP contribution < -0.4 is 4.18 Å². The second-order valence-electron chi connectivity index (χ2n) is 9.45. The second-order valence-corrected chi connectivity index (χ2v) is 11.0. The number of alkyl halides is 4. The van der Waals surface area contributed by atoms with Crippen molar-refractivity contribution in [3.8, 4) is 5.75 Å². The standard InChI is InChI=1S/C25H25F6NO5S/c1-14-9-16-12-17(37-38(34,35)25(29,30)31)6-7-18(16)23(32(14)13-24(2,3)28)22-19(26)10-15(11-20(22)27)5-8-21(33)36-4/h5-8,10-12,14,23H,9,13H2,1-4H3/b8-5+. The molecule has 2 aromatic carbocycles. The predicted octanol–water partition coefficient (Wildman–Crippen LogP) is 5.46. The third-order valence-electron chi connectivity index (χ3n) is 5.86. The Morgan fingerprint density at radius 3 is 2.24 bits per heavy atom. The molecule has 0 fully saturated rings. The van der Waals surface area contributed by atoms with Crippen molar-refractivity contribution in [1.82, 2.24) is 4.90 Å². The van der Waals surface area contributed by atoms with Crippen molar-refractivity contribution in [3.63, 3.8) is 0 Å². The molecule has 0 aromatic heterocycles. The van der Waals surface area contributed by atoms with E-state index in [0.717, 1.165) is 43.5 Å². The molecule has 1 aliphatic heterocycles. The minimum Gasteiger partial charge on any atom is -0.466 e. The lowest BCUT2D eigenvalue weighted by molar-refractivity contribution is -0.134. The highest BCUT2D eigenvalue weighted by atomic mass is 32.2. The number of fused-ring (bicyclic) bond motifs is 1. The average Bonchev–Trinajstić information content (AvgIpc) is 2.77. The molecule has 2 atom stereocenters. The number of hydrogen-bond acceptors (Lipinski definition) is 6. The topological polar surface area (TPSA) is 72.9 Å². The van der Waals surface area contributed by atoms with E-state index in [4.69, 9.17) is 0 Å². The Morgan fingerprint density at radius 1 is 1.11 bits per heavy atom. The molecule has 2 aromatic rings. The van der Waals surface area contributed by atoms with Crippen molar-refractivity contribution >= 4 is 22.2 Å². The van der Waals surface area contributed by atoms with Gasteiger partial charge in [0.1, 0.15) is 23.1 Å². The maximum Gasteiger partial charge on any atom is 0.534 e. The van der Waals surface area contributed by atoms with E-state index < -0.39 is 62.3 Å². The predicted molar refractivity (Wildman–Crippen MR) is 126 cm³/mol. The third-order valence-corrected chi connectivity index (χ3v) is 6.84. The highest BCUT2D eigenvalue weighted by molar-refractivity contribution is 7.88. The molecule has 0 aliphatic carbocycles. The lowest BCUT2D eigenvalue weighted by Crippen LogP contribution is -2.48. The van der Waals surface area contributed by atoms with Crippen LogP contribution in [0.2, 0.25) is 0 Å². The fourth-order valence-corrected chi connectivity index (χ4v) is 4.77. The summed E-state index contributed by atoms with van der Waals surface area (Å²) in [4.78, 5) is 12.9. The van der Waals surface area contributed by atoms with Gasteiger partial charge in [-0.05, 0) is 74.2 Å². The van der Waals surface area contributed by atoms with Crippen LogP contribution in [0.3, 0.4) is 0 Å². The number of methoxy groups -OCH3 is 1. The smallest absolute Gasteiger partial charge is 0.466 e. The van der Waals surface area contributed by atoms with Gasteiger partial charge in [-0.1, -0.05) is 6.07 Å². The third kappa shape index (κ3) is 6.49. The van der Waals surface area contributed by atoms with Crippen LogP contribution in [-0.4, -0.2) is 50.2 Å². The number of carbonyl (C=O) groups is 1. The first-order chi connectivity index (χ1) is 17.4. The van der Waals surface area contributed by atoms with Crippen LogP contribution >= 0.6 is 0 Å². The summed E-state index contributed by atoms with van der Waals surface area (Å²) in [5.74, 6) is -3.40. The fraction of sp³-hybridized carbons (Fsp3) is 0.400. The second kappa shape index (κ2) is 10.6. The van der Waals surface area contributed by atoms with Gasteiger partial charge in [0.05, 0.1) is 13.2 Å². The van der Waals surface area contributed by atoms with Crippen LogP contribution in [0, 0.1) is 11.6 Å². The Balaban J connectivity index is 2.14. The first-order valence-corrected chi connectivity index (χ1v) is 12.7. The Labute approximate surface area is 216 Å². The van der Waals surface area contributed by atoms with Crippen molar-refractivity contribution < 1.29 is 48.5 Å². The molecule has 2 unspecified atom stereocenters. The number of nitrogens with zero attached hydrogens (tertiary/aromatic N) is 1. The molecule has 0 saturated heterocycles. The first kappa shape index (κ1) is 29.5. The van der Waals surface area contributed by atoms with E-state index in [2.05, 4.69) is 8.92 Å². The van der Waals surface area contributed by atoms with Gasteiger partial charge in [-0.25, -0.2) is 18.0 Å². The van der Waals surface area contributed by atoms with Crippen molar-refractivity contribution in [2.75, 3.05) is 13.7 Å². The zero-order chi connectivity index (χ0) is 28.6. The van der Waals surface area contributed by atoms with Crippen LogP contribution in [0.15, 0.2) is 36.4 Å². The van der Waals surface area contributed by atoms with Crippen LogP contribution in [0.25, 0.3) is 6.08 Å². The fourth-order valence-electron chi connectivity index (χ4n) is 4.32. The molecule has 0 radical (unpaired) electrons. The van der Waals surface area contributed by atoms with Gasteiger partial charge in [0.25, 0.3) is 0 Å². The maximum absolute atomic E-state index is 15.4. The maximum atomic E-state index is 15.4. The van der Waals surface area contributed by atoms with Gasteiger partial charge in [0, 0.05) is 24.2 Å². The van der Waals surface area contributed by atoms with Gasteiger partial charge >= 0.3 is 21.6 Å². The summed E-state index contributed by atoms with van der Waals surface area (Å²) >= 11 is 0. The van der Waals surface area contributed by atoms with Crippen LogP contribution in [0.1, 0.15) is 49.1 Å². The van der Waals surface area contributed by atoms with Crippen LogP contribution in [0.5, 0.6) is 5.75 Å². The van der Waals surface area contributed by atoms with E-state index in [-0.39, 0.29) is 29.7 Å². The minimum atomic E-state index is -5.94. The van der Waals surface area contributed by atoms with Gasteiger partial charge in [-0.15, -0.1) is 0 Å². The van der Waals surface area contributed by atoms with E-state index in [1.807, 2.05) is 0 Å². The lowest BCUT2D eigenvalue weighted by Gasteiger charge is -2.44. The van der Waals surface area contributed by atoms with Crippen molar-refractivity contribution in [1.29, 1.82) is 0 Å². The van der Waals surface area contributed by atoms with Crippen molar-refractivity contribution in [2.24, 2.45) is 0 Å². The summed E-state index contributed by atoms with van der Waals surface area (Å²) in [6.07, 6.45) is 2.22. The van der Waals surface area contributed by atoms with E-state index in [0.29, 0.717) is 0 Å². The van der Waals surface area contributed by atoms with Crippen molar-refractivity contribution in [3.05, 3.63) is 70.3 Å². The molecule has 13 heteroatoms. The molecule has 0 amide bonds. The average molecular weight is 566 g/mol. The summed E-state index contributed by atoms with van der Waals surface area (Å²) in [5.41, 5.74) is -7.37. The molecule has 0 saturated carbocycles. The van der Waals surface area contributed by atoms with E-state index in [1.54, 1.807) is 6.92 Å². The van der Waals surface area contributed by atoms with Gasteiger partial charge in [0.15, 0.2) is 0 Å². The SMILES string of the molecule is COC(=O)/C=C/c1cc(F)c(C2c3ccc(OS(=O)(=O)C(F)(F)F)cc3CC(C)N2CC(C)(C)F)c(F)c1. The Morgan fingerprint density at radius 2 is 1.71 bits per heavy atom. The number of rotatable bonds is 7. The van der Waals surface area contributed by atoms with E-state index in [1.165, 1.54) is 24.8 Å². The minimum absolute atomic E-state index is 0.0108. The van der Waals surface area contributed by atoms with E-state index >= 15 is 8.78 Å². The van der Waals surface area contributed by atoms with Gasteiger partial charge in [-0.3, -0.25) is 4.90 Å². The number of hydrogen-bond donors (Lipinski definition) is 0. The highest BCUT2D eigenvalue weighted by Gasteiger charge is 2.49. The summed E-state index contributed by atoms with van der Waals surface area (Å²) in [6.45, 7) is 3.98. The summed E-state index contributed by atoms with van der Waals surface area (Å²) in [6, 6.07) is 3.38. The molecule has 0 spiro atoms. The molecule has 0 bridgehead atoms. The largest absolute Gasteiger partial charge is 0.534 e. The molecule has 38 heavy (non-hydrogen) atoms. The van der Waals surface area contributed by atoms with Gasteiger partial charge in [-0.2, -0.15) is 21.6 Å². The lowest BCUT2D eigenvalue weighted by atomic mass is 9.83. The Kier molecular flexibility index (Phi) is 8.23. The highest BCUT2D eigenvalue weighted by Crippen LogP contribution is 2.42. The molecular formula is C25H25F6NO5S. The zero-order valence-electron chi connectivity index (χ0n) is 20.8. The number of benzene rings is 2. The quantitative estimate of drug-likeness (QED) is 0.146. The Hall–Kier alpha value is -3.06. The number of halogens is 6. The molecule has 6 nitrogen and oxygen atoms in total. The van der Waals surface area contributed by atoms with Gasteiger partial charge < -0.3 is 8.92 Å². The molecular weight excluding hydrogens is 540 g/mol. The summed E-state index contributed by atoms with van der Waals surface area (Å²) < 4.78 is 116. The molecule has 1 aliphatic rings. The summed E-state index contributed by atoms with van der Waals surface area (Å²) in [7, 11) is -4.81. The van der Waals surface area contributed by atoms with Gasteiger partial charge in [0.2, 0.25) is 0 Å². The molecule has 0 N–H and O–H groups in total. The summed E-state index contributed by atoms with van der Waals surface area (Å²) in [5, 5.41) is 0. The zero-order valence-corrected chi connectivity index (χ0v) is 21.6.